The first-order valence-electron chi connectivity index (χ1n) is 7.81. The smallest absolute Gasteiger partial charge is 0.134 e. The van der Waals surface area contributed by atoms with Gasteiger partial charge >= 0.3 is 0 Å². The molecule has 0 aliphatic heterocycles. The molecule has 0 fully saturated rings. The van der Waals surface area contributed by atoms with Gasteiger partial charge in [0, 0.05) is 19.8 Å². The molecule has 0 atom stereocenters. The summed E-state index contributed by atoms with van der Waals surface area (Å²) in [6.45, 7) is 0. The molecule has 2 nitrogen and oxygen atoms in total. The van der Waals surface area contributed by atoms with Crippen molar-refractivity contribution >= 4 is 57.8 Å². The summed E-state index contributed by atoms with van der Waals surface area (Å²) in [6.07, 6.45) is 0. The molecule has 0 aliphatic rings. The third kappa shape index (κ3) is 4.15. The summed E-state index contributed by atoms with van der Waals surface area (Å²) in [7, 11) is 0. The Labute approximate surface area is 170 Å². The highest BCUT2D eigenvalue weighted by Crippen LogP contribution is 2.38. The molecule has 0 aliphatic carbocycles. The van der Waals surface area contributed by atoms with Crippen LogP contribution in [-0.4, -0.2) is 9.97 Å². The van der Waals surface area contributed by atoms with Gasteiger partial charge in [-0.05, 0) is 60.7 Å². The van der Waals surface area contributed by atoms with Gasteiger partial charge in [0.2, 0.25) is 0 Å². The summed E-state index contributed by atoms with van der Waals surface area (Å²) in [5.74, 6) is 0. The molecular weight excluding hydrogens is 403 g/mol. The zero-order valence-electron chi connectivity index (χ0n) is 13.4. The van der Waals surface area contributed by atoms with Crippen molar-refractivity contribution in [3.8, 4) is 0 Å². The number of hydrogen-bond donors (Lipinski definition) is 0. The number of para-hydroxylation sites is 2. The van der Waals surface area contributed by atoms with Crippen LogP contribution in [0, 0.1) is 0 Å². The van der Waals surface area contributed by atoms with E-state index in [1.165, 1.54) is 0 Å². The van der Waals surface area contributed by atoms with E-state index in [1.807, 2.05) is 72.8 Å². The van der Waals surface area contributed by atoms with Crippen LogP contribution in [0.2, 0.25) is 10.0 Å². The van der Waals surface area contributed by atoms with Crippen molar-refractivity contribution in [1.29, 1.82) is 0 Å². The van der Waals surface area contributed by atoms with Crippen molar-refractivity contribution in [3.63, 3.8) is 0 Å². The highest BCUT2D eigenvalue weighted by molar-refractivity contribution is 8.02. The van der Waals surface area contributed by atoms with E-state index >= 15 is 0 Å². The standard InChI is InChI=1S/C20H12Cl2N2S2/c21-13-5-9-15(10-6-13)25-19-20(26-16-11-7-14(22)8-12-16)24-18-4-2-1-3-17(18)23-19/h1-12H. The maximum Gasteiger partial charge on any atom is 0.134 e. The molecule has 26 heavy (non-hydrogen) atoms. The largest absolute Gasteiger partial charge is 0.237 e. The van der Waals surface area contributed by atoms with Crippen molar-refractivity contribution in [1.82, 2.24) is 9.97 Å². The van der Waals surface area contributed by atoms with Crippen LogP contribution in [-0.2, 0) is 0 Å². The summed E-state index contributed by atoms with van der Waals surface area (Å²) in [5.41, 5.74) is 1.76. The lowest BCUT2D eigenvalue weighted by Crippen LogP contribution is -1.92. The number of hydrogen-bond acceptors (Lipinski definition) is 4. The fourth-order valence-electron chi connectivity index (χ4n) is 2.33. The van der Waals surface area contributed by atoms with Gasteiger partial charge in [0.15, 0.2) is 0 Å². The first kappa shape index (κ1) is 17.7. The summed E-state index contributed by atoms with van der Waals surface area (Å²) in [4.78, 5) is 11.8. The molecule has 4 rings (SSSR count). The van der Waals surface area contributed by atoms with Crippen molar-refractivity contribution in [3.05, 3.63) is 82.8 Å². The lowest BCUT2D eigenvalue weighted by atomic mass is 10.3. The van der Waals surface area contributed by atoms with Gasteiger partial charge in [0.25, 0.3) is 0 Å². The Morgan fingerprint density at radius 2 is 0.923 bits per heavy atom. The van der Waals surface area contributed by atoms with E-state index in [2.05, 4.69) is 0 Å². The molecule has 0 bridgehead atoms. The second kappa shape index (κ2) is 7.89. The van der Waals surface area contributed by atoms with E-state index in [0.717, 1.165) is 40.9 Å². The van der Waals surface area contributed by atoms with Crippen LogP contribution in [0.1, 0.15) is 0 Å². The number of fused-ring (bicyclic) bond motifs is 1. The van der Waals surface area contributed by atoms with Crippen LogP contribution in [0.15, 0.2) is 92.6 Å². The van der Waals surface area contributed by atoms with Gasteiger partial charge < -0.3 is 0 Å². The van der Waals surface area contributed by atoms with Gasteiger partial charge in [-0.15, -0.1) is 0 Å². The van der Waals surface area contributed by atoms with Gasteiger partial charge in [-0.2, -0.15) is 0 Å². The van der Waals surface area contributed by atoms with Crippen molar-refractivity contribution < 1.29 is 0 Å². The molecule has 0 amide bonds. The number of benzene rings is 3. The van der Waals surface area contributed by atoms with E-state index in [9.17, 15) is 0 Å². The Morgan fingerprint density at radius 3 is 1.31 bits per heavy atom. The molecule has 0 saturated carbocycles. The van der Waals surface area contributed by atoms with Crippen LogP contribution in [0.5, 0.6) is 0 Å². The minimum Gasteiger partial charge on any atom is -0.237 e. The van der Waals surface area contributed by atoms with Crippen LogP contribution >= 0.6 is 46.7 Å². The Hall–Kier alpha value is -1.72. The van der Waals surface area contributed by atoms with Gasteiger partial charge in [0.05, 0.1) is 11.0 Å². The lowest BCUT2D eigenvalue weighted by molar-refractivity contribution is 0.968. The summed E-state index contributed by atoms with van der Waals surface area (Å²) >= 11 is 15.1. The molecule has 0 spiro atoms. The van der Waals surface area contributed by atoms with Gasteiger partial charge in [-0.25, -0.2) is 9.97 Å². The summed E-state index contributed by atoms with van der Waals surface area (Å²) in [5, 5.41) is 3.17. The molecular formula is C20H12Cl2N2S2. The normalized spacial score (nSPS) is 11.0. The molecule has 0 N–H and O–H groups in total. The van der Waals surface area contributed by atoms with E-state index in [4.69, 9.17) is 33.2 Å². The Kier molecular flexibility index (Phi) is 5.36. The fraction of sp³-hybridized carbons (Fsp3) is 0. The van der Waals surface area contributed by atoms with E-state index < -0.39 is 0 Å². The van der Waals surface area contributed by atoms with Crippen LogP contribution in [0.4, 0.5) is 0 Å². The number of aromatic nitrogens is 2. The monoisotopic (exact) mass is 414 g/mol. The summed E-state index contributed by atoms with van der Waals surface area (Å²) < 4.78 is 0. The van der Waals surface area contributed by atoms with Crippen molar-refractivity contribution in [2.75, 3.05) is 0 Å². The van der Waals surface area contributed by atoms with E-state index in [0.29, 0.717) is 0 Å². The van der Waals surface area contributed by atoms with Crippen molar-refractivity contribution in [2.45, 2.75) is 19.8 Å². The maximum absolute atomic E-state index is 5.99. The highest BCUT2D eigenvalue weighted by atomic mass is 35.5. The van der Waals surface area contributed by atoms with Crippen LogP contribution in [0.25, 0.3) is 11.0 Å². The quantitative estimate of drug-likeness (QED) is 0.351. The molecule has 1 aromatic heterocycles. The minimum atomic E-state index is 0.717. The van der Waals surface area contributed by atoms with Gasteiger partial charge in [-0.1, -0.05) is 58.9 Å². The van der Waals surface area contributed by atoms with Gasteiger partial charge in [-0.3, -0.25) is 0 Å². The predicted octanol–water partition coefficient (Wildman–Crippen LogP) is 7.24. The average molecular weight is 415 g/mol. The SMILES string of the molecule is Clc1ccc(Sc2nc3ccccc3nc2Sc2ccc(Cl)cc2)cc1. The zero-order valence-corrected chi connectivity index (χ0v) is 16.5. The number of nitrogens with zero attached hydrogens (tertiary/aromatic N) is 2. The van der Waals surface area contributed by atoms with E-state index in [-0.39, 0.29) is 0 Å². The topological polar surface area (TPSA) is 25.8 Å². The fourth-order valence-corrected chi connectivity index (χ4v) is 4.38. The lowest BCUT2D eigenvalue weighted by Gasteiger charge is -2.09. The van der Waals surface area contributed by atoms with Crippen molar-refractivity contribution in [2.24, 2.45) is 0 Å². The predicted molar refractivity (Wildman–Crippen MR) is 111 cm³/mol. The molecule has 0 radical (unpaired) electrons. The molecule has 1 heterocycles. The minimum absolute atomic E-state index is 0.717. The molecule has 0 unspecified atom stereocenters. The van der Waals surface area contributed by atoms with Crippen LogP contribution in [0.3, 0.4) is 0 Å². The van der Waals surface area contributed by atoms with Gasteiger partial charge in [0.1, 0.15) is 10.1 Å². The Morgan fingerprint density at radius 1 is 0.538 bits per heavy atom. The van der Waals surface area contributed by atoms with E-state index in [1.54, 1.807) is 23.5 Å². The molecule has 3 aromatic carbocycles. The maximum atomic E-state index is 5.99. The molecule has 6 heteroatoms. The first-order chi connectivity index (χ1) is 12.7. The molecule has 128 valence electrons. The number of halogens is 2. The van der Waals surface area contributed by atoms with Crippen LogP contribution < -0.4 is 0 Å². The number of rotatable bonds is 4. The average Bonchev–Trinajstić information content (AvgIpc) is 2.66. The Balaban J connectivity index is 1.75. The molecule has 4 aromatic rings. The second-order valence-electron chi connectivity index (χ2n) is 5.43. The molecule has 0 saturated heterocycles. The Bertz CT molecular complexity index is 966. The first-order valence-corrected chi connectivity index (χ1v) is 10.2. The zero-order chi connectivity index (χ0) is 17.9. The third-order valence-electron chi connectivity index (χ3n) is 3.57. The summed E-state index contributed by atoms with van der Waals surface area (Å²) in [6, 6.07) is 23.4. The highest BCUT2D eigenvalue weighted by Gasteiger charge is 2.12. The third-order valence-corrected chi connectivity index (χ3v) is 6.17. The second-order valence-corrected chi connectivity index (χ2v) is 8.43.